The summed E-state index contributed by atoms with van der Waals surface area (Å²) >= 11 is 7.54. The van der Waals surface area contributed by atoms with Crippen molar-refractivity contribution in [2.45, 2.75) is 115 Å². The van der Waals surface area contributed by atoms with Crippen LogP contribution in [0.15, 0.2) is 35.9 Å². The largest absolute Gasteiger partial charge is 0.465 e. The van der Waals surface area contributed by atoms with E-state index in [9.17, 15) is 34.8 Å². The van der Waals surface area contributed by atoms with Crippen LogP contribution in [0.5, 0.6) is 0 Å². The summed E-state index contributed by atoms with van der Waals surface area (Å²) in [6.45, 7) is 9.19. The second-order valence-electron chi connectivity index (χ2n) is 16.0. The highest BCUT2D eigenvalue weighted by Gasteiger charge is 2.69. The first-order valence-corrected chi connectivity index (χ1v) is 18.9. The Morgan fingerprint density at radius 3 is 2.47 bits per heavy atom. The molecular weight excluding hydrogens is 761 g/mol. The normalized spacial score (nSPS) is 41.7. The third-order valence-electron chi connectivity index (χ3n) is 13.5. The van der Waals surface area contributed by atoms with Crippen LogP contribution < -0.4 is 5.32 Å². The summed E-state index contributed by atoms with van der Waals surface area (Å²) < 4.78 is 12.4. The molecule has 0 radical (unpaired) electrons. The first kappa shape index (κ1) is 36.8. The quantitative estimate of drug-likeness (QED) is 0.160. The number of aliphatic hydroxyl groups is 4. The maximum Gasteiger partial charge on any atom is 0.309 e. The van der Waals surface area contributed by atoms with Crippen LogP contribution in [0.4, 0.5) is 0 Å². The number of halogens is 1. The number of hydrogen-bond donors (Lipinski definition) is 5. The lowest BCUT2D eigenvalue weighted by Crippen LogP contribution is -2.63. The van der Waals surface area contributed by atoms with Gasteiger partial charge in [0.05, 0.1) is 29.3 Å². The minimum absolute atomic E-state index is 0.150. The van der Waals surface area contributed by atoms with Crippen LogP contribution in [0.25, 0.3) is 0 Å². The Bertz CT molecular complexity index is 1560. The summed E-state index contributed by atoms with van der Waals surface area (Å²) in [7, 11) is 0. The highest BCUT2D eigenvalue weighted by molar-refractivity contribution is 14.1. The van der Waals surface area contributed by atoms with Crippen LogP contribution in [0, 0.1) is 44.0 Å². The number of carbonyl (C=O) groups excluding carboxylic acids is 3. The Balaban J connectivity index is 1.20. The molecule has 1 aromatic carbocycles. The standard InChI is InChI=1S/C37H48INO9S/c1-18-22(19(2)47-32(18)44)14-30(42)36(5,45)29-11-13-37(46)24-15-26(40)25-16-27(41)28(17-34(25,3)23(24)10-12-35(29,37)4)48-33(49)39-31(43)20-6-8-21(38)9-7-20/h6-9,15,18-19,22-23,25,27-30,41-42,45-46H,10-14,16-17H2,1-5H3,(H,39,43,49)/t18-,19+,22-,23-,25-,27+,28-,29-,30+,34+,35+,36+,37+/m0/s1. The van der Waals surface area contributed by atoms with Gasteiger partial charge in [-0.1, -0.05) is 20.8 Å². The molecule has 5 aliphatic rings. The summed E-state index contributed by atoms with van der Waals surface area (Å²) in [5.74, 6) is -2.67. The van der Waals surface area contributed by atoms with E-state index in [0.29, 0.717) is 36.8 Å². The number of ketones is 1. The van der Waals surface area contributed by atoms with Crippen molar-refractivity contribution in [2.24, 2.45) is 40.4 Å². The monoisotopic (exact) mass is 809 g/mol. The molecule has 268 valence electrons. The van der Waals surface area contributed by atoms with E-state index < -0.39 is 58.1 Å². The molecule has 5 N–H and O–H groups in total. The zero-order valence-corrected chi connectivity index (χ0v) is 31.6. The minimum atomic E-state index is -1.57. The number of carbonyl (C=O) groups is 3. The van der Waals surface area contributed by atoms with E-state index in [1.54, 1.807) is 39.0 Å². The van der Waals surface area contributed by atoms with Crippen molar-refractivity contribution in [3.05, 3.63) is 45.0 Å². The van der Waals surface area contributed by atoms with Gasteiger partial charge < -0.3 is 29.9 Å². The number of ether oxygens (including phenoxy) is 2. The van der Waals surface area contributed by atoms with Gasteiger partial charge in [-0.3, -0.25) is 19.7 Å². The number of aliphatic hydroxyl groups excluding tert-OH is 2. The van der Waals surface area contributed by atoms with Crippen LogP contribution in [0.3, 0.4) is 0 Å². The number of cyclic esters (lactones) is 1. The van der Waals surface area contributed by atoms with E-state index in [2.05, 4.69) is 27.9 Å². The van der Waals surface area contributed by atoms with E-state index in [1.807, 2.05) is 26.0 Å². The molecule has 3 saturated carbocycles. The van der Waals surface area contributed by atoms with Gasteiger partial charge in [-0.2, -0.15) is 0 Å². The summed E-state index contributed by atoms with van der Waals surface area (Å²) in [4.78, 5) is 38.8. The van der Waals surface area contributed by atoms with Gasteiger partial charge in [-0.15, -0.1) is 0 Å². The summed E-state index contributed by atoms with van der Waals surface area (Å²) in [6, 6.07) is 6.99. The van der Waals surface area contributed by atoms with Gasteiger partial charge in [-0.25, -0.2) is 0 Å². The molecule has 1 heterocycles. The average molecular weight is 810 g/mol. The zero-order valence-electron chi connectivity index (χ0n) is 28.6. The van der Waals surface area contributed by atoms with E-state index in [-0.39, 0.29) is 60.0 Å². The maximum absolute atomic E-state index is 13.8. The topological polar surface area (TPSA) is 163 Å². The average Bonchev–Trinajstić information content (AvgIpc) is 3.45. The molecule has 10 nitrogen and oxygen atoms in total. The molecule has 12 heteroatoms. The number of amides is 1. The van der Waals surface area contributed by atoms with Gasteiger partial charge in [0.25, 0.3) is 11.1 Å². The van der Waals surface area contributed by atoms with Crippen molar-refractivity contribution >= 4 is 57.6 Å². The van der Waals surface area contributed by atoms with Crippen LogP contribution >= 0.6 is 34.8 Å². The highest BCUT2D eigenvalue weighted by atomic mass is 127. The van der Waals surface area contributed by atoms with Crippen molar-refractivity contribution in [3.8, 4) is 0 Å². The summed E-state index contributed by atoms with van der Waals surface area (Å²) in [5, 5.41) is 49.8. The third-order valence-corrected chi connectivity index (χ3v) is 14.4. The van der Waals surface area contributed by atoms with E-state index in [1.165, 1.54) is 0 Å². The summed E-state index contributed by atoms with van der Waals surface area (Å²) in [5.41, 5.74) is -3.41. The number of rotatable bonds is 6. The first-order valence-electron chi connectivity index (χ1n) is 17.4. The van der Waals surface area contributed by atoms with Crippen LogP contribution in [0.1, 0.15) is 89.9 Å². The smallest absolute Gasteiger partial charge is 0.309 e. The molecule has 1 amide bonds. The molecule has 49 heavy (non-hydrogen) atoms. The lowest BCUT2D eigenvalue weighted by molar-refractivity contribution is -0.177. The molecule has 6 rings (SSSR count). The van der Waals surface area contributed by atoms with Crippen LogP contribution in [0.2, 0.25) is 0 Å². The van der Waals surface area contributed by atoms with Crippen LogP contribution in [-0.4, -0.2) is 78.9 Å². The molecule has 0 spiro atoms. The Kier molecular flexibility index (Phi) is 9.70. The number of nitrogens with one attached hydrogen (secondary N) is 1. The maximum atomic E-state index is 13.8. The van der Waals surface area contributed by atoms with Gasteiger partial charge in [0.15, 0.2) is 5.78 Å². The van der Waals surface area contributed by atoms with Crippen molar-refractivity contribution in [3.63, 3.8) is 0 Å². The molecule has 0 unspecified atom stereocenters. The number of fused-ring (bicyclic) bond motifs is 5. The van der Waals surface area contributed by atoms with E-state index >= 15 is 0 Å². The number of esters is 1. The Morgan fingerprint density at radius 2 is 1.84 bits per heavy atom. The SMILES string of the molecule is C[C@@H]1C(=O)O[C@H](C)[C@H]1C[C@@H](O)[C@](C)(O)[C@H]1CC[C@@]2(O)C3=CC(=O)[C@@H]4C[C@@H](O)[C@@H](OC(=S)NC(=O)c5ccc(I)cc5)C[C@]4(C)[C@H]3CC[C@]12C. The molecule has 1 aromatic rings. The van der Waals surface area contributed by atoms with Crippen molar-refractivity contribution in [2.75, 3.05) is 0 Å². The number of thiocarbonyl (C=S) groups is 1. The van der Waals surface area contributed by atoms with Crippen molar-refractivity contribution in [1.82, 2.24) is 5.32 Å². The summed E-state index contributed by atoms with van der Waals surface area (Å²) in [6.07, 6.45) is 0.887. The molecule has 13 atom stereocenters. The van der Waals surface area contributed by atoms with E-state index in [4.69, 9.17) is 21.7 Å². The third kappa shape index (κ3) is 5.99. The fraction of sp³-hybridized carbons (Fsp3) is 0.676. The van der Waals surface area contributed by atoms with Gasteiger partial charge in [-0.05, 0) is 147 Å². The number of benzene rings is 1. The lowest BCUT2D eigenvalue weighted by atomic mass is 9.45. The van der Waals surface area contributed by atoms with Crippen molar-refractivity contribution < 1.29 is 44.3 Å². The van der Waals surface area contributed by atoms with Gasteiger partial charge in [0, 0.05) is 26.4 Å². The Labute approximate surface area is 306 Å². The molecule has 1 saturated heterocycles. The zero-order chi connectivity index (χ0) is 35.8. The molecule has 0 aromatic heterocycles. The predicted molar refractivity (Wildman–Crippen MR) is 192 cm³/mol. The second kappa shape index (κ2) is 12.9. The fourth-order valence-corrected chi connectivity index (χ4v) is 11.0. The molecular formula is C37H48INO9S. The van der Waals surface area contributed by atoms with Gasteiger partial charge in [0.2, 0.25) is 0 Å². The fourth-order valence-electron chi connectivity index (χ4n) is 10.4. The van der Waals surface area contributed by atoms with Crippen LogP contribution in [-0.2, 0) is 19.1 Å². The minimum Gasteiger partial charge on any atom is -0.465 e. The Morgan fingerprint density at radius 1 is 1.16 bits per heavy atom. The van der Waals surface area contributed by atoms with Gasteiger partial charge >= 0.3 is 5.97 Å². The molecule has 0 bridgehead atoms. The molecule has 1 aliphatic heterocycles. The molecule has 4 fully saturated rings. The lowest BCUT2D eigenvalue weighted by Gasteiger charge is -2.61. The van der Waals surface area contributed by atoms with Gasteiger partial charge in [0.1, 0.15) is 12.2 Å². The number of allylic oxidation sites excluding steroid dienone is 1. The molecule has 4 aliphatic carbocycles. The first-order chi connectivity index (χ1) is 22.8. The van der Waals surface area contributed by atoms with Crippen molar-refractivity contribution in [1.29, 1.82) is 0 Å². The Hall–Kier alpha value is -1.97. The van der Waals surface area contributed by atoms with E-state index in [0.717, 1.165) is 3.57 Å². The number of hydrogen-bond acceptors (Lipinski definition) is 10. The second-order valence-corrected chi connectivity index (χ2v) is 17.6. The highest BCUT2D eigenvalue weighted by Crippen LogP contribution is 2.68. The predicted octanol–water partition coefficient (Wildman–Crippen LogP) is 4.23.